The van der Waals surface area contributed by atoms with Crippen LogP contribution in [-0.2, 0) is 6.42 Å². The van der Waals surface area contributed by atoms with Crippen LogP contribution < -0.4 is 5.73 Å². The maximum atomic E-state index is 6.63. The molecule has 0 bridgehead atoms. The van der Waals surface area contributed by atoms with Gasteiger partial charge < -0.3 is 5.73 Å². The van der Waals surface area contributed by atoms with Gasteiger partial charge in [-0.2, -0.15) is 0 Å². The zero-order chi connectivity index (χ0) is 13.2. The van der Waals surface area contributed by atoms with Crippen LogP contribution in [0.25, 0.3) is 0 Å². The summed E-state index contributed by atoms with van der Waals surface area (Å²) in [6.45, 7) is 6.76. The first-order valence-electron chi connectivity index (χ1n) is 7.43. The highest BCUT2D eigenvalue weighted by atomic mass is 14.7. The Labute approximate surface area is 112 Å². The average molecular weight is 245 g/mol. The molecule has 2 N–H and O–H groups in total. The van der Waals surface area contributed by atoms with Gasteiger partial charge in [0.1, 0.15) is 0 Å². The summed E-state index contributed by atoms with van der Waals surface area (Å²) in [5.74, 6) is 1.22. The van der Waals surface area contributed by atoms with Crippen LogP contribution in [0.1, 0.15) is 63.5 Å². The van der Waals surface area contributed by atoms with E-state index in [1.165, 1.54) is 19.3 Å². The van der Waals surface area contributed by atoms with Crippen molar-refractivity contribution in [3.8, 4) is 0 Å². The second-order valence-electron chi connectivity index (χ2n) is 6.23. The summed E-state index contributed by atoms with van der Waals surface area (Å²) in [5.41, 5.74) is 9.74. The molecule has 0 aromatic heterocycles. The lowest BCUT2D eigenvalue weighted by molar-refractivity contribution is 0.250. The first-order valence-corrected chi connectivity index (χ1v) is 7.43. The van der Waals surface area contributed by atoms with Gasteiger partial charge in [0.05, 0.1) is 0 Å². The molecule has 1 aliphatic rings. The van der Waals surface area contributed by atoms with Crippen LogP contribution >= 0.6 is 0 Å². The zero-order valence-electron chi connectivity index (χ0n) is 12.1. The smallest absolute Gasteiger partial charge is 0.0180 e. The second-order valence-corrected chi connectivity index (χ2v) is 6.23. The van der Waals surface area contributed by atoms with Crippen molar-refractivity contribution in [3.63, 3.8) is 0 Å². The molecule has 0 saturated heterocycles. The molecular weight excluding hydrogens is 218 g/mol. The van der Waals surface area contributed by atoms with E-state index in [0.717, 1.165) is 12.8 Å². The number of hydrogen-bond acceptors (Lipinski definition) is 1. The Morgan fingerprint density at radius 1 is 1.33 bits per heavy atom. The van der Waals surface area contributed by atoms with Gasteiger partial charge >= 0.3 is 0 Å². The Balaban J connectivity index is 2.21. The molecule has 1 nitrogen and oxygen atoms in total. The third-order valence-electron chi connectivity index (χ3n) is 4.93. The number of nitrogens with two attached hydrogens (primary N) is 1. The molecule has 2 rings (SSSR count). The quantitative estimate of drug-likeness (QED) is 0.842. The molecule has 0 spiro atoms. The van der Waals surface area contributed by atoms with Crippen LogP contribution in [0.2, 0.25) is 0 Å². The van der Waals surface area contributed by atoms with E-state index in [1.807, 2.05) is 0 Å². The second kappa shape index (κ2) is 5.44. The number of fused-ring (bicyclic) bond motifs is 1. The largest absolute Gasteiger partial charge is 0.325 e. The molecule has 0 saturated carbocycles. The molecule has 1 aromatic rings. The topological polar surface area (TPSA) is 26.0 Å². The van der Waals surface area contributed by atoms with Gasteiger partial charge in [-0.1, -0.05) is 45.0 Å². The van der Waals surface area contributed by atoms with Crippen LogP contribution in [0.5, 0.6) is 0 Å². The van der Waals surface area contributed by atoms with Crippen molar-refractivity contribution in [2.45, 2.75) is 64.3 Å². The number of benzene rings is 1. The molecule has 18 heavy (non-hydrogen) atoms. The first kappa shape index (κ1) is 13.6. The van der Waals surface area contributed by atoms with Crippen molar-refractivity contribution in [1.82, 2.24) is 0 Å². The van der Waals surface area contributed by atoms with E-state index in [4.69, 9.17) is 5.73 Å². The fraction of sp³-hybridized carbons (Fsp3) is 0.647. The summed E-state index contributed by atoms with van der Waals surface area (Å²) in [5, 5.41) is 0. The van der Waals surface area contributed by atoms with Crippen molar-refractivity contribution in [3.05, 3.63) is 35.4 Å². The minimum Gasteiger partial charge on any atom is -0.325 e. The first-order chi connectivity index (χ1) is 8.57. The van der Waals surface area contributed by atoms with Crippen molar-refractivity contribution in [1.29, 1.82) is 0 Å². The van der Waals surface area contributed by atoms with E-state index in [1.54, 1.807) is 11.1 Å². The summed E-state index contributed by atoms with van der Waals surface area (Å²) < 4.78 is 0. The maximum absolute atomic E-state index is 6.63. The molecule has 100 valence electrons. The summed E-state index contributed by atoms with van der Waals surface area (Å²) >= 11 is 0. The van der Waals surface area contributed by atoms with Crippen molar-refractivity contribution in [2.75, 3.05) is 0 Å². The van der Waals surface area contributed by atoms with E-state index in [2.05, 4.69) is 45.0 Å². The van der Waals surface area contributed by atoms with Crippen LogP contribution in [0.3, 0.4) is 0 Å². The Morgan fingerprint density at radius 3 is 2.72 bits per heavy atom. The standard InChI is InChI=1S/C17H27N/c1-4-17(18,13(2)3)12-15-10-7-9-14-8-5-6-11-16(14)15/h5-6,8,11,13,15H,4,7,9-10,12,18H2,1-3H3. The fourth-order valence-corrected chi connectivity index (χ4v) is 3.31. The van der Waals surface area contributed by atoms with Gasteiger partial charge in [-0.3, -0.25) is 0 Å². The van der Waals surface area contributed by atoms with Crippen molar-refractivity contribution in [2.24, 2.45) is 11.7 Å². The molecule has 0 aliphatic heterocycles. The van der Waals surface area contributed by atoms with Gasteiger partial charge in [0.25, 0.3) is 0 Å². The minimum absolute atomic E-state index is 0.00484. The summed E-state index contributed by atoms with van der Waals surface area (Å²) in [7, 11) is 0. The Morgan fingerprint density at radius 2 is 2.06 bits per heavy atom. The monoisotopic (exact) mass is 245 g/mol. The van der Waals surface area contributed by atoms with Gasteiger partial charge in [0.2, 0.25) is 0 Å². The van der Waals surface area contributed by atoms with E-state index < -0.39 is 0 Å². The molecular formula is C17H27N. The van der Waals surface area contributed by atoms with E-state index in [9.17, 15) is 0 Å². The summed E-state index contributed by atoms with van der Waals surface area (Å²) in [6.07, 6.45) is 6.09. The molecule has 1 heteroatoms. The Kier molecular flexibility index (Phi) is 4.11. The van der Waals surface area contributed by atoms with E-state index >= 15 is 0 Å². The highest BCUT2D eigenvalue weighted by Gasteiger charge is 2.32. The van der Waals surface area contributed by atoms with E-state index in [0.29, 0.717) is 11.8 Å². The van der Waals surface area contributed by atoms with Gasteiger partial charge in [0.15, 0.2) is 0 Å². The van der Waals surface area contributed by atoms with Crippen LogP contribution in [0.15, 0.2) is 24.3 Å². The lowest BCUT2D eigenvalue weighted by Gasteiger charge is -2.38. The van der Waals surface area contributed by atoms with Gasteiger partial charge in [-0.25, -0.2) is 0 Å². The summed E-state index contributed by atoms with van der Waals surface area (Å²) in [4.78, 5) is 0. The number of aryl methyl sites for hydroxylation is 1. The third kappa shape index (κ3) is 2.61. The van der Waals surface area contributed by atoms with Gasteiger partial charge in [0, 0.05) is 5.54 Å². The molecule has 0 heterocycles. The molecule has 0 amide bonds. The maximum Gasteiger partial charge on any atom is 0.0180 e. The molecule has 1 aromatic carbocycles. The molecule has 0 fully saturated rings. The molecule has 2 unspecified atom stereocenters. The van der Waals surface area contributed by atoms with Gasteiger partial charge in [-0.15, -0.1) is 0 Å². The summed E-state index contributed by atoms with van der Waals surface area (Å²) in [6, 6.07) is 8.95. The predicted molar refractivity (Wildman–Crippen MR) is 78.8 cm³/mol. The van der Waals surface area contributed by atoms with Gasteiger partial charge in [-0.05, 0) is 55.1 Å². The predicted octanol–water partition coefficient (Wildman–Crippen LogP) is 4.26. The minimum atomic E-state index is -0.00484. The lowest BCUT2D eigenvalue weighted by atomic mass is 9.71. The average Bonchev–Trinajstić information content (AvgIpc) is 2.39. The number of rotatable bonds is 4. The molecule has 0 radical (unpaired) electrons. The zero-order valence-corrected chi connectivity index (χ0v) is 12.1. The van der Waals surface area contributed by atoms with Crippen LogP contribution in [0.4, 0.5) is 0 Å². The Bertz CT molecular complexity index is 396. The molecule has 2 atom stereocenters. The van der Waals surface area contributed by atoms with Crippen molar-refractivity contribution < 1.29 is 0 Å². The van der Waals surface area contributed by atoms with Crippen LogP contribution in [-0.4, -0.2) is 5.54 Å². The normalized spacial score (nSPS) is 22.6. The highest BCUT2D eigenvalue weighted by molar-refractivity contribution is 5.33. The third-order valence-corrected chi connectivity index (χ3v) is 4.93. The Hall–Kier alpha value is -0.820. The van der Waals surface area contributed by atoms with E-state index in [-0.39, 0.29) is 5.54 Å². The fourth-order valence-electron chi connectivity index (χ4n) is 3.31. The van der Waals surface area contributed by atoms with Crippen molar-refractivity contribution >= 4 is 0 Å². The lowest BCUT2D eigenvalue weighted by Crippen LogP contribution is -2.46. The SMILES string of the molecule is CCC(N)(CC1CCCc2ccccc21)C(C)C. The number of hydrogen-bond donors (Lipinski definition) is 1. The highest BCUT2D eigenvalue weighted by Crippen LogP contribution is 2.39. The molecule has 1 aliphatic carbocycles. The van der Waals surface area contributed by atoms with Crippen LogP contribution in [0, 0.1) is 5.92 Å².